The highest BCUT2D eigenvalue weighted by molar-refractivity contribution is 5.97. The van der Waals surface area contributed by atoms with E-state index in [1.165, 1.54) is 6.07 Å². The quantitative estimate of drug-likeness (QED) is 0.803. The van der Waals surface area contributed by atoms with Crippen molar-refractivity contribution in [2.24, 2.45) is 5.73 Å². The van der Waals surface area contributed by atoms with Crippen LogP contribution >= 0.6 is 0 Å². The molecular weight excluding hydrogens is 275 g/mol. The Hall–Kier alpha value is -2.73. The minimum atomic E-state index is -1.41. The van der Waals surface area contributed by atoms with Crippen LogP contribution in [0.1, 0.15) is 22.0 Å². The summed E-state index contributed by atoms with van der Waals surface area (Å²) in [5.41, 5.74) is 6.09. The van der Waals surface area contributed by atoms with Gasteiger partial charge in [-0.2, -0.15) is 0 Å². The number of carbonyl (C=O) groups excluding carboxylic acids is 1. The Morgan fingerprint density at radius 3 is 2.43 bits per heavy atom. The second-order valence-electron chi connectivity index (χ2n) is 4.38. The first-order valence-corrected chi connectivity index (χ1v) is 6.13. The van der Waals surface area contributed by atoms with Crippen LogP contribution in [-0.4, -0.2) is 17.0 Å². The molecule has 0 saturated carbocycles. The largest absolute Gasteiger partial charge is 0.478 e. The summed E-state index contributed by atoms with van der Waals surface area (Å²) >= 11 is 0. The summed E-state index contributed by atoms with van der Waals surface area (Å²) in [6.45, 7) is 0. The SMILES string of the molecule is NC(C(=O)Nc1ccc(F)c(C(=O)O)c1)c1ccccc1. The molecule has 108 valence electrons. The van der Waals surface area contributed by atoms with Crippen LogP contribution in [0.2, 0.25) is 0 Å². The van der Waals surface area contributed by atoms with Gasteiger partial charge in [-0.25, -0.2) is 9.18 Å². The zero-order valence-electron chi connectivity index (χ0n) is 10.9. The first kappa shape index (κ1) is 14.7. The van der Waals surface area contributed by atoms with E-state index in [2.05, 4.69) is 5.32 Å². The summed E-state index contributed by atoms with van der Waals surface area (Å²) in [7, 11) is 0. The monoisotopic (exact) mass is 288 g/mol. The third-order valence-electron chi connectivity index (χ3n) is 2.91. The summed E-state index contributed by atoms with van der Waals surface area (Å²) < 4.78 is 13.3. The standard InChI is InChI=1S/C15H13FN2O3/c16-12-7-6-10(8-11(12)15(20)21)18-14(19)13(17)9-4-2-1-3-5-9/h1-8,13H,17H2,(H,18,19)(H,20,21). The van der Waals surface area contributed by atoms with E-state index in [1.54, 1.807) is 30.3 Å². The van der Waals surface area contributed by atoms with E-state index in [0.29, 0.717) is 5.56 Å². The number of anilines is 1. The van der Waals surface area contributed by atoms with Crippen molar-refractivity contribution in [2.45, 2.75) is 6.04 Å². The van der Waals surface area contributed by atoms with Gasteiger partial charge < -0.3 is 16.2 Å². The smallest absolute Gasteiger partial charge is 0.338 e. The van der Waals surface area contributed by atoms with Gasteiger partial charge in [0, 0.05) is 5.69 Å². The zero-order valence-corrected chi connectivity index (χ0v) is 10.9. The summed E-state index contributed by atoms with van der Waals surface area (Å²) in [6.07, 6.45) is 0. The Kier molecular flexibility index (Phi) is 4.30. The average molecular weight is 288 g/mol. The first-order valence-electron chi connectivity index (χ1n) is 6.13. The van der Waals surface area contributed by atoms with Gasteiger partial charge in [0.1, 0.15) is 11.9 Å². The van der Waals surface area contributed by atoms with Crippen molar-refractivity contribution >= 4 is 17.6 Å². The number of carboxylic acid groups (broad SMARTS) is 1. The first-order chi connectivity index (χ1) is 9.99. The minimum Gasteiger partial charge on any atom is -0.478 e. The molecule has 4 N–H and O–H groups in total. The topological polar surface area (TPSA) is 92.4 Å². The minimum absolute atomic E-state index is 0.171. The molecular formula is C15H13FN2O3. The molecule has 1 atom stereocenters. The summed E-state index contributed by atoms with van der Waals surface area (Å²) in [4.78, 5) is 22.8. The predicted octanol–water partition coefficient (Wildman–Crippen LogP) is 2.16. The molecule has 0 spiro atoms. The van der Waals surface area contributed by atoms with Crippen LogP contribution in [0.25, 0.3) is 0 Å². The molecule has 0 aliphatic carbocycles. The number of rotatable bonds is 4. The molecule has 0 aromatic heterocycles. The Labute approximate surface area is 120 Å². The van der Waals surface area contributed by atoms with Gasteiger partial charge in [-0.05, 0) is 23.8 Å². The fraction of sp³-hybridized carbons (Fsp3) is 0.0667. The summed E-state index contributed by atoms with van der Waals surface area (Å²) in [5, 5.41) is 11.3. The molecule has 0 heterocycles. The van der Waals surface area contributed by atoms with Gasteiger partial charge in [-0.3, -0.25) is 4.79 Å². The van der Waals surface area contributed by atoms with E-state index in [0.717, 1.165) is 12.1 Å². The Bertz CT molecular complexity index is 674. The second-order valence-corrected chi connectivity index (χ2v) is 4.38. The zero-order chi connectivity index (χ0) is 15.4. The average Bonchev–Trinajstić information content (AvgIpc) is 2.49. The number of hydrogen-bond donors (Lipinski definition) is 3. The van der Waals surface area contributed by atoms with E-state index in [9.17, 15) is 14.0 Å². The van der Waals surface area contributed by atoms with Crippen LogP contribution in [0.15, 0.2) is 48.5 Å². The van der Waals surface area contributed by atoms with Crippen molar-refractivity contribution in [3.63, 3.8) is 0 Å². The molecule has 0 bridgehead atoms. The van der Waals surface area contributed by atoms with E-state index in [-0.39, 0.29) is 5.69 Å². The molecule has 2 rings (SSSR count). The molecule has 0 fully saturated rings. The molecule has 2 aromatic rings. The highest BCUT2D eigenvalue weighted by atomic mass is 19.1. The summed E-state index contributed by atoms with van der Waals surface area (Å²) in [5.74, 6) is -2.78. The highest BCUT2D eigenvalue weighted by Crippen LogP contribution is 2.17. The number of carbonyl (C=O) groups is 2. The van der Waals surface area contributed by atoms with Gasteiger partial charge in [-0.15, -0.1) is 0 Å². The normalized spacial score (nSPS) is 11.7. The molecule has 0 radical (unpaired) electrons. The number of hydrogen-bond acceptors (Lipinski definition) is 3. The number of nitrogens with two attached hydrogens (primary N) is 1. The fourth-order valence-corrected chi connectivity index (χ4v) is 1.80. The number of aromatic carboxylic acids is 1. The highest BCUT2D eigenvalue weighted by Gasteiger charge is 2.17. The van der Waals surface area contributed by atoms with Gasteiger partial charge in [0.2, 0.25) is 5.91 Å². The number of benzene rings is 2. The Morgan fingerprint density at radius 1 is 1.14 bits per heavy atom. The van der Waals surface area contributed by atoms with Crippen LogP contribution in [0, 0.1) is 5.82 Å². The molecule has 0 saturated heterocycles. The van der Waals surface area contributed by atoms with E-state index in [1.807, 2.05) is 0 Å². The van der Waals surface area contributed by atoms with Gasteiger partial charge >= 0.3 is 5.97 Å². The van der Waals surface area contributed by atoms with Gasteiger partial charge in [0.05, 0.1) is 5.56 Å². The van der Waals surface area contributed by atoms with Crippen molar-refractivity contribution in [1.29, 1.82) is 0 Å². The van der Waals surface area contributed by atoms with Crippen molar-refractivity contribution in [1.82, 2.24) is 0 Å². The number of carboxylic acids is 1. The van der Waals surface area contributed by atoms with E-state index >= 15 is 0 Å². The Balaban J connectivity index is 2.16. The second kappa shape index (κ2) is 6.15. The maximum absolute atomic E-state index is 13.3. The van der Waals surface area contributed by atoms with Crippen molar-refractivity contribution in [3.05, 3.63) is 65.5 Å². The molecule has 5 nitrogen and oxygen atoms in total. The molecule has 1 unspecified atom stereocenters. The van der Waals surface area contributed by atoms with Crippen molar-refractivity contribution in [3.8, 4) is 0 Å². The molecule has 6 heteroatoms. The molecule has 0 aliphatic heterocycles. The number of nitrogens with one attached hydrogen (secondary N) is 1. The van der Waals surface area contributed by atoms with Crippen LogP contribution in [-0.2, 0) is 4.79 Å². The predicted molar refractivity (Wildman–Crippen MR) is 75.4 cm³/mol. The maximum atomic E-state index is 13.3. The lowest BCUT2D eigenvalue weighted by Gasteiger charge is -2.13. The van der Waals surface area contributed by atoms with Crippen LogP contribution < -0.4 is 11.1 Å². The summed E-state index contributed by atoms with van der Waals surface area (Å²) in [6, 6.07) is 11.1. The fourth-order valence-electron chi connectivity index (χ4n) is 1.80. The van der Waals surface area contributed by atoms with Crippen LogP contribution in [0.4, 0.5) is 10.1 Å². The van der Waals surface area contributed by atoms with Crippen molar-refractivity contribution in [2.75, 3.05) is 5.32 Å². The maximum Gasteiger partial charge on any atom is 0.338 e. The molecule has 1 amide bonds. The van der Waals surface area contributed by atoms with Gasteiger partial charge in [-0.1, -0.05) is 30.3 Å². The van der Waals surface area contributed by atoms with E-state index < -0.39 is 29.3 Å². The molecule has 2 aromatic carbocycles. The lowest BCUT2D eigenvalue weighted by atomic mass is 10.1. The lowest BCUT2D eigenvalue weighted by Crippen LogP contribution is -2.27. The van der Waals surface area contributed by atoms with Crippen LogP contribution in [0.5, 0.6) is 0 Å². The van der Waals surface area contributed by atoms with Gasteiger partial charge in [0.15, 0.2) is 0 Å². The number of amides is 1. The Morgan fingerprint density at radius 2 is 1.81 bits per heavy atom. The third-order valence-corrected chi connectivity index (χ3v) is 2.91. The third kappa shape index (κ3) is 3.43. The molecule has 21 heavy (non-hydrogen) atoms. The van der Waals surface area contributed by atoms with E-state index in [4.69, 9.17) is 10.8 Å². The number of halogens is 1. The van der Waals surface area contributed by atoms with Gasteiger partial charge in [0.25, 0.3) is 0 Å². The van der Waals surface area contributed by atoms with Crippen molar-refractivity contribution < 1.29 is 19.1 Å². The van der Waals surface area contributed by atoms with Crippen LogP contribution in [0.3, 0.4) is 0 Å². The molecule has 0 aliphatic rings. The lowest BCUT2D eigenvalue weighted by molar-refractivity contribution is -0.117.